The fourth-order valence-corrected chi connectivity index (χ4v) is 3.65. The summed E-state index contributed by atoms with van der Waals surface area (Å²) in [5.74, 6) is 0.755. The third-order valence-corrected chi connectivity index (χ3v) is 5.67. The molecule has 0 amide bonds. The number of nitrogens with zero attached hydrogens (tertiary/aromatic N) is 3. The smallest absolute Gasteiger partial charge is 0.356 e. The van der Waals surface area contributed by atoms with Crippen molar-refractivity contribution in [2.24, 2.45) is 10.4 Å². The highest BCUT2D eigenvalue weighted by molar-refractivity contribution is 7.90. The zero-order chi connectivity index (χ0) is 20.2. The molecule has 0 aromatic rings. The Kier molecular flexibility index (Phi) is 7.76. The minimum absolute atomic E-state index is 0.119. The number of aliphatic imine (C=N–C) groups is 1. The molecule has 10 heteroatoms. The van der Waals surface area contributed by atoms with Gasteiger partial charge in [-0.15, -0.1) is 0 Å². The van der Waals surface area contributed by atoms with E-state index in [1.165, 1.54) is 18.1 Å². The lowest BCUT2D eigenvalue weighted by Gasteiger charge is -2.40. The largest absolute Gasteiger partial charge is 0.403 e. The molecule has 0 aromatic heterocycles. The lowest BCUT2D eigenvalue weighted by molar-refractivity contribution is -0.181. The van der Waals surface area contributed by atoms with Gasteiger partial charge in [0.05, 0.1) is 5.75 Å². The van der Waals surface area contributed by atoms with Crippen LogP contribution in [-0.4, -0.2) is 88.2 Å². The average molecular weight is 401 g/mol. The SMILES string of the molecule is CN=C(NCC(C)(C)CCS(C)(=O)=O)N1CCN(C(C)C(F)(F)F)CC1. The monoisotopic (exact) mass is 400 g/mol. The standard InChI is InChI=1S/C16H31F3N4O2S/c1-13(16(17,18)19)22-7-9-23(10-8-22)14(20-4)21-12-15(2,3)6-11-26(5,24)25/h13H,6-12H2,1-5H3,(H,20,21). The molecule has 0 radical (unpaired) electrons. The van der Waals surface area contributed by atoms with Crippen LogP contribution in [0.1, 0.15) is 27.2 Å². The molecular weight excluding hydrogens is 369 g/mol. The number of guanidine groups is 1. The molecule has 1 N–H and O–H groups in total. The van der Waals surface area contributed by atoms with Gasteiger partial charge in [0.2, 0.25) is 0 Å². The second-order valence-electron chi connectivity index (χ2n) is 7.69. The highest BCUT2D eigenvalue weighted by atomic mass is 32.2. The molecule has 1 rings (SSSR count). The van der Waals surface area contributed by atoms with Crippen molar-refractivity contribution in [2.75, 3.05) is 51.8 Å². The number of sulfone groups is 1. The Labute approximate surface area is 154 Å². The van der Waals surface area contributed by atoms with E-state index in [2.05, 4.69) is 10.3 Å². The molecule has 26 heavy (non-hydrogen) atoms. The summed E-state index contributed by atoms with van der Waals surface area (Å²) in [4.78, 5) is 7.58. The van der Waals surface area contributed by atoms with E-state index in [1.807, 2.05) is 18.7 Å². The van der Waals surface area contributed by atoms with Gasteiger partial charge in [-0.3, -0.25) is 9.89 Å². The minimum Gasteiger partial charge on any atom is -0.356 e. The fraction of sp³-hybridized carbons (Fsp3) is 0.938. The number of piperazine rings is 1. The summed E-state index contributed by atoms with van der Waals surface area (Å²) in [7, 11) is -1.38. The van der Waals surface area contributed by atoms with Crippen LogP contribution in [0.4, 0.5) is 13.2 Å². The summed E-state index contributed by atoms with van der Waals surface area (Å²) in [6.45, 7) is 7.23. The predicted octanol–water partition coefficient (Wildman–Crippen LogP) is 1.59. The zero-order valence-corrected chi connectivity index (χ0v) is 17.0. The van der Waals surface area contributed by atoms with Gasteiger partial charge in [-0.2, -0.15) is 13.2 Å². The molecule has 0 spiro atoms. The summed E-state index contributed by atoms with van der Waals surface area (Å²) in [6.07, 6.45) is -2.48. The Morgan fingerprint density at radius 3 is 2.15 bits per heavy atom. The highest BCUT2D eigenvalue weighted by Crippen LogP contribution is 2.25. The van der Waals surface area contributed by atoms with Crippen molar-refractivity contribution in [2.45, 2.75) is 39.4 Å². The van der Waals surface area contributed by atoms with Crippen molar-refractivity contribution in [1.29, 1.82) is 0 Å². The molecule has 1 unspecified atom stereocenters. The highest BCUT2D eigenvalue weighted by Gasteiger charge is 2.41. The maximum Gasteiger partial charge on any atom is 0.403 e. The van der Waals surface area contributed by atoms with Crippen molar-refractivity contribution >= 4 is 15.8 Å². The van der Waals surface area contributed by atoms with Crippen LogP contribution in [0.2, 0.25) is 0 Å². The van der Waals surface area contributed by atoms with Crippen LogP contribution in [-0.2, 0) is 9.84 Å². The minimum atomic E-state index is -4.22. The molecule has 1 saturated heterocycles. The zero-order valence-electron chi connectivity index (χ0n) is 16.2. The van der Waals surface area contributed by atoms with Crippen LogP contribution in [0.25, 0.3) is 0 Å². The van der Waals surface area contributed by atoms with E-state index in [9.17, 15) is 21.6 Å². The van der Waals surface area contributed by atoms with Gasteiger partial charge in [-0.1, -0.05) is 13.8 Å². The molecule has 1 aliphatic rings. The van der Waals surface area contributed by atoms with Crippen LogP contribution in [0.5, 0.6) is 0 Å². The summed E-state index contributed by atoms with van der Waals surface area (Å²) in [6, 6.07) is -1.45. The van der Waals surface area contributed by atoms with Gasteiger partial charge < -0.3 is 10.2 Å². The molecule has 154 valence electrons. The van der Waals surface area contributed by atoms with Crippen LogP contribution in [0, 0.1) is 5.41 Å². The summed E-state index contributed by atoms with van der Waals surface area (Å²) < 4.78 is 61.2. The van der Waals surface area contributed by atoms with Crippen molar-refractivity contribution in [3.8, 4) is 0 Å². The maximum atomic E-state index is 12.8. The Bertz CT molecular complexity index is 583. The van der Waals surface area contributed by atoms with Gasteiger partial charge in [-0.05, 0) is 18.8 Å². The van der Waals surface area contributed by atoms with E-state index in [0.717, 1.165) is 0 Å². The van der Waals surface area contributed by atoms with Crippen LogP contribution in [0.15, 0.2) is 4.99 Å². The van der Waals surface area contributed by atoms with Crippen molar-refractivity contribution in [3.63, 3.8) is 0 Å². The van der Waals surface area contributed by atoms with Crippen molar-refractivity contribution in [1.82, 2.24) is 15.1 Å². The molecule has 1 atom stereocenters. The van der Waals surface area contributed by atoms with Gasteiger partial charge in [0.25, 0.3) is 0 Å². The maximum absolute atomic E-state index is 12.8. The van der Waals surface area contributed by atoms with E-state index < -0.39 is 22.1 Å². The number of nitrogens with one attached hydrogen (secondary N) is 1. The number of hydrogen-bond acceptors (Lipinski definition) is 4. The molecule has 1 fully saturated rings. The summed E-state index contributed by atoms with van der Waals surface area (Å²) in [5, 5.41) is 3.23. The van der Waals surface area contributed by atoms with Gasteiger partial charge in [0.15, 0.2) is 5.96 Å². The van der Waals surface area contributed by atoms with E-state index >= 15 is 0 Å². The normalized spacial score (nSPS) is 19.5. The molecule has 1 aliphatic heterocycles. The molecule has 0 aliphatic carbocycles. The van der Waals surface area contributed by atoms with E-state index in [4.69, 9.17) is 0 Å². The van der Waals surface area contributed by atoms with Crippen LogP contribution < -0.4 is 5.32 Å². The number of rotatable bonds is 6. The second kappa shape index (κ2) is 8.77. The Hall–Kier alpha value is -1.03. The Morgan fingerprint density at radius 2 is 1.73 bits per heavy atom. The van der Waals surface area contributed by atoms with E-state index in [-0.39, 0.29) is 11.2 Å². The molecule has 1 heterocycles. The van der Waals surface area contributed by atoms with Crippen LogP contribution >= 0.6 is 0 Å². The third-order valence-electron chi connectivity index (χ3n) is 4.72. The van der Waals surface area contributed by atoms with Crippen molar-refractivity contribution in [3.05, 3.63) is 0 Å². The Morgan fingerprint density at radius 1 is 1.19 bits per heavy atom. The molecular formula is C16H31F3N4O2S. The first-order valence-corrected chi connectivity index (χ1v) is 10.8. The molecule has 0 bridgehead atoms. The molecule has 0 aromatic carbocycles. The lowest BCUT2D eigenvalue weighted by atomic mass is 9.90. The quantitative estimate of drug-likeness (QED) is 0.542. The summed E-state index contributed by atoms with van der Waals surface area (Å²) in [5.41, 5.74) is -0.244. The summed E-state index contributed by atoms with van der Waals surface area (Å²) >= 11 is 0. The number of halogens is 3. The number of alkyl halides is 3. The van der Waals surface area contributed by atoms with Gasteiger partial charge in [0, 0.05) is 46.0 Å². The average Bonchev–Trinajstić information content (AvgIpc) is 2.52. The first-order valence-electron chi connectivity index (χ1n) is 8.69. The number of hydrogen-bond donors (Lipinski definition) is 1. The van der Waals surface area contributed by atoms with Gasteiger partial charge in [0.1, 0.15) is 15.9 Å². The van der Waals surface area contributed by atoms with Gasteiger partial charge in [-0.25, -0.2) is 8.42 Å². The van der Waals surface area contributed by atoms with E-state index in [1.54, 1.807) is 7.05 Å². The second-order valence-corrected chi connectivity index (χ2v) is 9.95. The van der Waals surface area contributed by atoms with E-state index in [0.29, 0.717) is 45.1 Å². The van der Waals surface area contributed by atoms with Crippen LogP contribution in [0.3, 0.4) is 0 Å². The third kappa shape index (κ3) is 7.69. The first-order chi connectivity index (χ1) is 11.7. The predicted molar refractivity (Wildman–Crippen MR) is 98.1 cm³/mol. The van der Waals surface area contributed by atoms with Crippen molar-refractivity contribution < 1.29 is 21.6 Å². The van der Waals surface area contributed by atoms with Gasteiger partial charge >= 0.3 is 6.18 Å². The fourth-order valence-electron chi connectivity index (χ4n) is 2.73. The lowest BCUT2D eigenvalue weighted by Crippen LogP contribution is -2.57. The first kappa shape index (κ1) is 23.0. The molecule has 0 saturated carbocycles. The Balaban J connectivity index is 2.53. The molecule has 6 nitrogen and oxygen atoms in total. The topological polar surface area (TPSA) is 65.0 Å².